The van der Waals surface area contributed by atoms with E-state index in [1.807, 2.05) is 0 Å². The molecule has 7 nitrogen and oxygen atoms in total. The lowest BCUT2D eigenvalue weighted by Crippen LogP contribution is -2.25. The first-order valence-electron chi connectivity index (χ1n) is 10.7. The molecule has 4 rings (SSSR count). The number of nitrogens with zero attached hydrogens (tertiary/aromatic N) is 4. The minimum atomic E-state index is -4.53. The van der Waals surface area contributed by atoms with Crippen molar-refractivity contribution in [3.8, 4) is 0 Å². The van der Waals surface area contributed by atoms with Crippen molar-refractivity contribution in [2.24, 2.45) is 0 Å². The first-order chi connectivity index (χ1) is 16.5. The average Bonchev–Trinajstić information content (AvgIpc) is 3.18. The second-order valence-electron chi connectivity index (χ2n) is 8.08. The predicted molar refractivity (Wildman–Crippen MR) is 106 cm³/mol. The zero-order chi connectivity index (χ0) is 25.3. The van der Waals surface area contributed by atoms with Crippen LogP contribution in [0, 0.1) is 0 Å². The number of furan rings is 1. The summed E-state index contributed by atoms with van der Waals surface area (Å²) in [5.74, 6) is -0.659. The molecule has 190 valence electrons. The molecule has 3 aromatic rings. The molecule has 3 aromatic heterocycles. The second kappa shape index (κ2) is 9.74. The van der Waals surface area contributed by atoms with Crippen molar-refractivity contribution < 1.29 is 39.9 Å². The van der Waals surface area contributed by atoms with Crippen molar-refractivity contribution in [1.82, 2.24) is 24.9 Å². The number of carbonyl (C=O) groups is 1. The van der Waals surface area contributed by atoms with E-state index in [0.717, 1.165) is 18.9 Å². The third-order valence-corrected chi connectivity index (χ3v) is 5.40. The molecule has 1 fully saturated rings. The van der Waals surface area contributed by atoms with Gasteiger partial charge in [0.15, 0.2) is 11.5 Å². The number of aromatic nitrogens is 4. The molecule has 0 spiro atoms. The lowest BCUT2D eigenvalue weighted by molar-refractivity contribution is -0.141. The number of aryl methyl sites for hydroxylation is 1. The Hall–Kier alpha value is -3.32. The van der Waals surface area contributed by atoms with Gasteiger partial charge in [-0.25, -0.2) is 17.6 Å². The molecule has 0 radical (unpaired) electrons. The summed E-state index contributed by atoms with van der Waals surface area (Å²) in [5, 5.41) is 9.66. The number of hydrogen-bond acceptors (Lipinski definition) is 4. The Morgan fingerprint density at radius 3 is 2.46 bits per heavy atom. The van der Waals surface area contributed by atoms with Crippen LogP contribution < -0.4 is 5.32 Å². The van der Waals surface area contributed by atoms with Crippen LogP contribution in [-0.4, -0.2) is 32.0 Å². The van der Waals surface area contributed by atoms with E-state index in [-0.39, 0.29) is 37.1 Å². The molecule has 0 saturated heterocycles. The summed E-state index contributed by atoms with van der Waals surface area (Å²) in [7, 11) is 0. The van der Waals surface area contributed by atoms with E-state index in [0.29, 0.717) is 22.9 Å². The molecule has 1 aliphatic rings. The summed E-state index contributed by atoms with van der Waals surface area (Å²) < 4.78 is 98.0. The summed E-state index contributed by atoms with van der Waals surface area (Å²) in [6.07, 6.45) is -8.67. The van der Waals surface area contributed by atoms with Gasteiger partial charge in [-0.05, 0) is 43.5 Å². The SMILES string of the molecule is O=C(NCCCn1nc(C(F)(F)F)cc1C1CC1)c1ccc(Cn2nc(C(F)F)cc2C(F)F)o1. The van der Waals surface area contributed by atoms with E-state index in [1.165, 1.54) is 16.8 Å². The zero-order valence-electron chi connectivity index (χ0n) is 18.0. The largest absolute Gasteiger partial charge is 0.454 e. The lowest BCUT2D eigenvalue weighted by atomic mass is 10.2. The molecule has 0 bridgehead atoms. The van der Waals surface area contributed by atoms with Gasteiger partial charge in [0.1, 0.15) is 17.1 Å². The number of nitrogens with one attached hydrogen (secondary N) is 1. The molecule has 1 aliphatic carbocycles. The van der Waals surface area contributed by atoms with Gasteiger partial charge in [-0.15, -0.1) is 0 Å². The monoisotopic (exact) mass is 507 g/mol. The second-order valence-corrected chi connectivity index (χ2v) is 8.08. The number of amides is 1. The van der Waals surface area contributed by atoms with Crippen LogP contribution in [0.2, 0.25) is 0 Å². The Morgan fingerprint density at radius 1 is 1.09 bits per heavy atom. The molecular weight excluding hydrogens is 487 g/mol. The quantitative estimate of drug-likeness (QED) is 0.298. The summed E-state index contributed by atoms with van der Waals surface area (Å²) in [6.45, 7) is -0.0924. The van der Waals surface area contributed by atoms with Gasteiger partial charge in [0.25, 0.3) is 18.8 Å². The molecule has 14 heteroatoms. The van der Waals surface area contributed by atoms with Crippen molar-refractivity contribution in [1.29, 1.82) is 0 Å². The van der Waals surface area contributed by atoms with Gasteiger partial charge in [0.2, 0.25) is 0 Å². The van der Waals surface area contributed by atoms with Crippen LogP contribution in [0.25, 0.3) is 0 Å². The van der Waals surface area contributed by atoms with Gasteiger partial charge in [0, 0.05) is 24.7 Å². The third-order valence-electron chi connectivity index (χ3n) is 5.40. The van der Waals surface area contributed by atoms with E-state index in [2.05, 4.69) is 15.5 Å². The Morgan fingerprint density at radius 2 is 1.83 bits per heavy atom. The number of rotatable bonds is 10. The molecule has 0 atom stereocenters. The number of carbonyl (C=O) groups excluding carboxylic acids is 1. The summed E-state index contributed by atoms with van der Waals surface area (Å²) >= 11 is 0. The van der Waals surface area contributed by atoms with Crippen molar-refractivity contribution >= 4 is 5.91 Å². The predicted octanol–water partition coefficient (Wildman–Crippen LogP) is 5.31. The van der Waals surface area contributed by atoms with Gasteiger partial charge in [-0.3, -0.25) is 14.2 Å². The number of hydrogen-bond donors (Lipinski definition) is 1. The maximum atomic E-state index is 13.1. The fourth-order valence-electron chi connectivity index (χ4n) is 3.57. The topological polar surface area (TPSA) is 77.9 Å². The van der Waals surface area contributed by atoms with Crippen LogP contribution in [0.15, 0.2) is 28.7 Å². The number of halogens is 7. The lowest BCUT2D eigenvalue weighted by Gasteiger charge is -2.07. The van der Waals surface area contributed by atoms with Crippen LogP contribution in [0.5, 0.6) is 0 Å². The highest BCUT2D eigenvalue weighted by Gasteiger charge is 2.37. The first-order valence-corrected chi connectivity index (χ1v) is 10.7. The van der Waals surface area contributed by atoms with Crippen molar-refractivity contribution in [2.45, 2.75) is 57.3 Å². The number of alkyl halides is 7. The van der Waals surface area contributed by atoms with E-state index in [4.69, 9.17) is 4.42 Å². The van der Waals surface area contributed by atoms with Gasteiger partial charge in [-0.2, -0.15) is 23.4 Å². The van der Waals surface area contributed by atoms with E-state index >= 15 is 0 Å². The maximum absolute atomic E-state index is 13.1. The molecule has 0 unspecified atom stereocenters. The van der Waals surface area contributed by atoms with Gasteiger partial charge >= 0.3 is 6.18 Å². The Bertz CT molecular complexity index is 1180. The first kappa shape index (κ1) is 24.8. The standard InChI is InChI=1S/C21H20F7N5O2/c22-18(23)13-8-15(19(24)25)33(30-13)10-12-4-5-16(35-12)20(34)29-6-1-7-32-14(11-2-3-11)9-17(31-32)21(26,27)28/h4-5,8-9,11,18-19H,1-3,6-7,10H2,(H,29,34). The fourth-order valence-corrected chi connectivity index (χ4v) is 3.57. The van der Waals surface area contributed by atoms with Crippen LogP contribution in [0.1, 0.15) is 77.1 Å². The summed E-state index contributed by atoms with van der Waals surface area (Å²) in [5.41, 5.74) is -1.93. The Labute approximate surface area is 193 Å². The normalized spacial score (nSPS) is 14.3. The Kier molecular flexibility index (Phi) is 6.90. The highest BCUT2D eigenvalue weighted by Crippen LogP contribution is 2.42. The van der Waals surface area contributed by atoms with Gasteiger partial charge in [-0.1, -0.05) is 0 Å². The smallest absolute Gasteiger partial charge is 0.435 e. The summed E-state index contributed by atoms with van der Waals surface area (Å²) in [6, 6.07) is 4.29. The van der Waals surface area contributed by atoms with E-state index < -0.39 is 42.0 Å². The molecule has 0 aliphatic heterocycles. The maximum Gasteiger partial charge on any atom is 0.435 e. The molecule has 1 N–H and O–H groups in total. The fraction of sp³-hybridized carbons (Fsp3) is 0.476. The average molecular weight is 507 g/mol. The van der Waals surface area contributed by atoms with Crippen LogP contribution in [-0.2, 0) is 19.3 Å². The van der Waals surface area contributed by atoms with Crippen molar-refractivity contribution in [3.05, 3.63) is 58.6 Å². The highest BCUT2D eigenvalue weighted by atomic mass is 19.4. The molecule has 1 saturated carbocycles. The van der Waals surface area contributed by atoms with E-state index in [9.17, 15) is 35.5 Å². The molecular formula is C21H20F7N5O2. The molecule has 3 heterocycles. The minimum Gasteiger partial charge on any atom is -0.454 e. The van der Waals surface area contributed by atoms with Crippen LogP contribution >= 0.6 is 0 Å². The van der Waals surface area contributed by atoms with Crippen molar-refractivity contribution in [2.75, 3.05) is 6.54 Å². The van der Waals surface area contributed by atoms with Gasteiger partial charge in [0.05, 0.1) is 6.54 Å². The minimum absolute atomic E-state index is 0.0475. The van der Waals surface area contributed by atoms with Gasteiger partial charge < -0.3 is 9.73 Å². The molecule has 0 aromatic carbocycles. The van der Waals surface area contributed by atoms with Crippen LogP contribution in [0.3, 0.4) is 0 Å². The van der Waals surface area contributed by atoms with Crippen molar-refractivity contribution in [3.63, 3.8) is 0 Å². The summed E-state index contributed by atoms with van der Waals surface area (Å²) in [4.78, 5) is 12.3. The van der Waals surface area contributed by atoms with E-state index in [1.54, 1.807) is 0 Å². The molecule has 1 amide bonds. The zero-order valence-corrected chi connectivity index (χ0v) is 18.0. The third kappa shape index (κ3) is 5.85. The highest BCUT2D eigenvalue weighted by molar-refractivity contribution is 5.91. The Balaban J connectivity index is 1.32. The molecule has 35 heavy (non-hydrogen) atoms. The van der Waals surface area contributed by atoms with Crippen LogP contribution in [0.4, 0.5) is 30.7 Å².